The van der Waals surface area contributed by atoms with Gasteiger partial charge < -0.3 is 5.32 Å². The summed E-state index contributed by atoms with van der Waals surface area (Å²) in [5.74, 6) is -1.42. The molecule has 0 radical (unpaired) electrons. The van der Waals surface area contributed by atoms with Crippen LogP contribution in [0.5, 0.6) is 0 Å². The van der Waals surface area contributed by atoms with Crippen LogP contribution in [0.25, 0.3) is 0 Å². The molecule has 1 N–H and O–H groups in total. The maximum atomic E-state index is 13.2. The number of hydrogen-bond donors (Lipinski definition) is 1. The summed E-state index contributed by atoms with van der Waals surface area (Å²) in [5.41, 5.74) is 0.415. The van der Waals surface area contributed by atoms with Gasteiger partial charge in [0.05, 0.1) is 17.5 Å². The van der Waals surface area contributed by atoms with Crippen molar-refractivity contribution < 1.29 is 22.4 Å². The molecular formula is C15H16FN3O4S. The Labute approximate surface area is 138 Å². The van der Waals surface area contributed by atoms with E-state index < -0.39 is 27.6 Å². The van der Waals surface area contributed by atoms with Gasteiger partial charge in [0, 0.05) is 18.5 Å². The highest BCUT2D eigenvalue weighted by molar-refractivity contribution is 7.91. The molecule has 0 bridgehead atoms. The Morgan fingerprint density at radius 3 is 2.79 bits per heavy atom. The number of carbonyl (C=O) groups excluding carboxylic acids is 2. The fourth-order valence-electron chi connectivity index (χ4n) is 2.76. The van der Waals surface area contributed by atoms with Crippen LogP contribution in [0, 0.1) is 5.82 Å². The van der Waals surface area contributed by atoms with Crippen molar-refractivity contribution in [3.63, 3.8) is 0 Å². The molecule has 1 fully saturated rings. The van der Waals surface area contributed by atoms with Crippen LogP contribution in [0.3, 0.4) is 0 Å². The lowest BCUT2D eigenvalue weighted by Crippen LogP contribution is -2.42. The third-order valence-corrected chi connectivity index (χ3v) is 5.71. The van der Waals surface area contributed by atoms with Crippen molar-refractivity contribution >= 4 is 33.1 Å². The molecule has 7 nitrogen and oxygen atoms in total. The summed E-state index contributed by atoms with van der Waals surface area (Å²) in [6.07, 6.45) is 0.568. The number of halogens is 1. The van der Waals surface area contributed by atoms with Gasteiger partial charge in [-0.1, -0.05) is 6.07 Å². The first-order valence-corrected chi connectivity index (χ1v) is 9.33. The Balaban J connectivity index is 1.76. The minimum Gasteiger partial charge on any atom is -0.321 e. The second-order valence-electron chi connectivity index (χ2n) is 5.81. The van der Waals surface area contributed by atoms with E-state index in [1.54, 1.807) is 0 Å². The van der Waals surface area contributed by atoms with Gasteiger partial charge >= 0.3 is 0 Å². The molecule has 128 valence electrons. The van der Waals surface area contributed by atoms with Crippen LogP contribution >= 0.6 is 0 Å². The van der Waals surface area contributed by atoms with Crippen molar-refractivity contribution in [1.82, 2.24) is 5.01 Å². The zero-order valence-corrected chi connectivity index (χ0v) is 13.6. The van der Waals surface area contributed by atoms with E-state index in [2.05, 4.69) is 10.4 Å². The fourth-order valence-corrected chi connectivity index (χ4v) is 4.45. The average Bonchev–Trinajstić information content (AvgIpc) is 2.87. The van der Waals surface area contributed by atoms with E-state index in [1.165, 1.54) is 24.3 Å². The van der Waals surface area contributed by atoms with Crippen molar-refractivity contribution in [2.75, 3.05) is 16.8 Å². The highest BCUT2D eigenvalue weighted by atomic mass is 32.2. The normalized spacial score (nSPS) is 23.0. The summed E-state index contributed by atoms with van der Waals surface area (Å²) in [7, 11) is -3.16. The molecule has 24 heavy (non-hydrogen) atoms. The van der Waals surface area contributed by atoms with Crippen LogP contribution in [0.2, 0.25) is 0 Å². The number of rotatable bonds is 3. The maximum Gasteiger partial charge on any atom is 0.271 e. The van der Waals surface area contributed by atoms with Crippen molar-refractivity contribution in [3.8, 4) is 0 Å². The first kappa shape index (κ1) is 16.6. The van der Waals surface area contributed by atoms with Crippen molar-refractivity contribution in [2.45, 2.75) is 25.3 Å². The number of benzene rings is 1. The number of nitrogens with one attached hydrogen (secondary N) is 1. The molecule has 1 atom stereocenters. The molecule has 1 aromatic rings. The fraction of sp³-hybridized carbons (Fsp3) is 0.400. The molecule has 1 aromatic carbocycles. The Morgan fingerprint density at radius 2 is 2.12 bits per heavy atom. The molecule has 1 saturated heterocycles. The van der Waals surface area contributed by atoms with Gasteiger partial charge in [0.15, 0.2) is 9.84 Å². The predicted molar refractivity (Wildman–Crippen MR) is 85.6 cm³/mol. The van der Waals surface area contributed by atoms with E-state index >= 15 is 0 Å². The topological polar surface area (TPSA) is 95.9 Å². The molecule has 0 unspecified atom stereocenters. The number of hydrazone groups is 1. The van der Waals surface area contributed by atoms with E-state index in [0.717, 1.165) is 5.01 Å². The van der Waals surface area contributed by atoms with E-state index in [4.69, 9.17) is 0 Å². The highest BCUT2D eigenvalue weighted by Crippen LogP contribution is 2.22. The molecule has 3 rings (SSSR count). The van der Waals surface area contributed by atoms with Gasteiger partial charge in [-0.3, -0.25) is 9.59 Å². The second-order valence-corrected chi connectivity index (χ2v) is 8.04. The van der Waals surface area contributed by atoms with E-state index in [9.17, 15) is 22.4 Å². The maximum absolute atomic E-state index is 13.2. The zero-order valence-electron chi connectivity index (χ0n) is 12.7. The molecule has 2 amide bonds. The Hall–Kier alpha value is -2.29. The second kappa shape index (κ2) is 6.31. The molecule has 2 aliphatic rings. The predicted octanol–water partition coefficient (Wildman–Crippen LogP) is 0.930. The van der Waals surface area contributed by atoms with E-state index in [0.29, 0.717) is 6.42 Å². The van der Waals surface area contributed by atoms with Gasteiger partial charge in [-0.2, -0.15) is 5.10 Å². The molecule has 0 aromatic heterocycles. The van der Waals surface area contributed by atoms with Crippen LogP contribution < -0.4 is 5.32 Å². The number of sulfone groups is 1. The molecular weight excluding hydrogens is 337 g/mol. The molecule has 9 heteroatoms. The van der Waals surface area contributed by atoms with Crippen molar-refractivity contribution in [2.24, 2.45) is 5.10 Å². The Bertz CT molecular complexity index is 822. The lowest BCUT2D eigenvalue weighted by Gasteiger charge is -2.27. The quantitative estimate of drug-likeness (QED) is 0.874. The molecule has 0 aliphatic carbocycles. The summed E-state index contributed by atoms with van der Waals surface area (Å²) in [4.78, 5) is 24.3. The first-order chi connectivity index (χ1) is 11.3. The zero-order chi connectivity index (χ0) is 17.3. The van der Waals surface area contributed by atoms with Crippen LogP contribution in [-0.4, -0.2) is 48.5 Å². The summed E-state index contributed by atoms with van der Waals surface area (Å²) < 4.78 is 36.3. The van der Waals surface area contributed by atoms with E-state index in [-0.39, 0.29) is 41.7 Å². The number of hydrogen-bond acceptors (Lipinski definition) is 5. The molecule has 0 saturated carbocycles. The summed E-state index contributed by atoms with van der Waals surface area (Å²) in [6.45, 7) is 0. The van der Waals surface area contributed by atoms with Crippen LogP contribution in [-0.2, 0) is 19.4 Å². The summed E-state index contributed by atoms with van der Waals surface area (Å²) in [6, 6.07) is 4.91. The monoisotopic (exact) mass is 353 g/mol. The van der Waals surface area contributed by atoms with Crippen LogP contribution in [0.1, 0.15) is 19.3 Å². The third kappa shape index (κ3) is 3.61. The lowest BCUT2D eigenvalue weighted by molar-refractivity contribution is -0.133. The first-order valence-electron chi connectivity index (χ1n) is 7.51. The SMILES string of the molecule is O=C(Nc1cccc(F)c1)C1=NN([C@@H]2CCS(=O)(=O)C2)C(=O)CC1. The van der Waals surface area contributed by atoms with Crippen LogP contribution in [0.4, 0.5) is 10.1 Å². The number of amides is 2. The minimum atomic E-state index is -3.16. The minimum absolute atomic E-state index is 0.0157. The van der Waals surface area contributed by atoms with Crippen molar-refractivity contribution in [3.05, 3.63) is 30.1 Å². The molecule has 2 heterocycles. The Morgan fingerprint density at radius 1 is 1.33 bits per heavy atom. The average molecular weight is 353 g/mol. The highest BCUT2D eigenvalue weighted by Gasteiger charge is 2.37. The molecule has 2 aliphatic heterocycles. The third-order valence-electron chi connectivity index (χ3n) is 3.96. The van der Waals surface area contributed by atoms with Gasteiger partial charge in [0.25, 0.3) is 5.91 Å². The smallest absolute Gasteiger partial charge is 0.271 e. The van der Waals surface area contributed by atoms with Gasteiger partial charge in [-0.05, 0) is 24.6 Å². The largest absolute Gasteiger partial charge is 0.321 e. The van der Waals surface area contributed by atoms with Gasteiger partial charge in [0.2, 0.25) is 5.91 Å². The van der Waals surface area contributed by atoms with Crippen molar-refractivity contribution in [1.29, 1.82) is 0 Å². The molecule has 0 spiro atoms. The number of carbonyl (C=O) groups is 2. The summed E-state index contributed by atoms with van der Waals surface area (Å²) in [5, 5.41) is 7.71. The van der Waals surface area contributed by atoms with Crippen LogP contribution in [0.15, 0.2) is 29.4 Å². The van der Waals surface area contributed by atoms with Gasteiger partial charge in [0.1, 0.15) is 11.5 Å². The summed E-state index contributed by atoms with van der Waals surface area (Å²) >= 11 is 0. The number of nitrogens with zero attached hydrogens (tertiary/aromatic N) is 2. The number of anilines is 1. The van der Waals surface area contributed by atoms with Gasteiger partial charge in [-0.15, -0.1) is 0 Å². The Kier molecular flexibility index (Phi) is 4.35. The van der Waals surface area contributed by atoms with Gasteiger partial charge in [-0.25, -0.2) is 17.8 Å². The standard InChI is InChI=1S/C15H16FN3O4S/c16-10-2-1-3-11(8-10)17-15(21)13-4-5-14(20)19(18-13)12-6-7-24(22,23)9-12/h1-3,8,12H,4-7,9H2,(H,17,21)/t12-/m1/s1. The lowest BCUT2D eigenvalue weighted by atomic mass is 10.1. The van der Waals surface area contributed by atoms with E-state index in [1.807, 2.05) is 0 Å².